The van der Waals surface area contributed by atoms with E-state index in [2.05, 4.69) is 21.6 Å². The normalized spacial score (nSPS) is 26.8. The van der Waals surface area contributed by atoms with E-state index >= 15 is 0 Å². The molecular weight excluding hydrogens is 536 g/mol. The van der Waals surface area contributed by atoms with Crippen LogP contribution in [0.3, 0.4) is 0 Å². The molecule has 4 atom stereocenters. The Labute approximate surface area is 242 Å². The number of nitrogens with zero attached hydrogens (tertiary/aromatic N) is 2. The number of aliphatic hydroxyl groups is 2. The fraction of sp³-hybridized carbons (Fsp3) is 0.424. The molecule has 6 aliphatic rings. The zero-order chi connectivity index (χ0) is 28.9. The van der Waals surface area contributed by atoms with Gasteiger partial charge in [0.2, 0.25) is 5.36 Å². The van der Waals surface area contributed by atoms with E-state index in [1.165, 1.54) is 12.2 Å². The molecule has 0 unspecified atom stereocenters. The number of rotatable bonds is 3. The summed E-state index contributed by atoms with van der Waals surface area (Å²) in [5.74, 6) is -2.62. The first kappa shape index (κ1) is 25.7. The number of hydrogen-bond acceptors (Lipinski definition) is 6. The third-order valence-corrected chi connectivity index (χ3v) is 9.86. The molecule has 0 saturated carbocycles. The Morgan fingerprint density at radius 2 is 1.79 bits per heavy atom. The molecular formula is C33H33N2O7+. The van der Waals surface area contributed by atoms with Gasteiger partial charge in [-0.25, -0.2) is 9.37 Å². The summed E-state index contributed by atoms with van der Waals surface area (Å²) in [6.45, 7) is 2.82. The molecule has 0 spiro atoms. The fourth-order valence-corrected chi connectivity index (χ4v) is 8.27. The molecule has 216 valence electrons. The number of aliphatic carboxylic acids is 2. The largest absolute Gasteiger partial charge is 0.481 e. The number of allylic oxidation sites excluding steroid dienone is 1. The summed E-state index contributed by atoms with van der Waals surface area (Å²) >= 11 is 0. The highest BCUT2D eigenvalue weighted by Gasteiger charge is 2.41. The van der Waals surface area contributed by atoms with Crippen molar-refractivity contribution in [3.63, 3.8) is 0 Å². The molecule has 9 nitrogen and oxygen atoms in total. The number of aliphatic hydroxyl groups excluding tert-OH is 2. The number of fused-ring (bicyclic) bond motifs is 4. The smallest absolute Gasteiger partial charge is 0.335 e. The summed E-state index contributed by atoms with van der Waals surface area (Å²) < 4.78 is 9.14. The van der Waals surface area contributed by atoms with Crippen LogP contribution in [0.25, 0.3) is 5.57 Å². The average Bonchev–Trinajstić information content (AvgIpc) is 2.96. The molecule has 8 rings (SSSR count). The summed E-state index contributed by atoms with van der Waals surface area (Å²) in [6.07, 6.45) is 7.78. The minimum Gasteiger partial charge on any atom is -0.481 e. The van der Waals surface area contributed by atoms with Gasteiger partial charge in [0.25, 0.3) is 0 Å². The van der Waals surface area contributed by atoms with Gasteiger partial charge in [-0.15, -0.1) is 0 Å². The standard InChI is InChI=1S/C33H32N2O7/c36-19-12-25-28-16(3-1-7-34(28)14-19)9-23-27(22-11-18(32(38)39)5-6-21(22)33(40)41)24-10-17-4-2-8-35-15-20(37)13-26(29(17)35)31(24)42-30(23)25/h5-6,9-11,19-22,36-37H,1-4,7-8,12-15H2,(H-,38,39,40,41)/p+1/t19-,20-,21-,22+/m1/s1. The first-order valence-corrected chi connectivity index (χ1v) is 14.9. The van der Waals surface area contributed by atoms with E-state index in [1.807, 2.05) is 0 Å². The van der Waals surface area contributed by atoms with Crippen LogP contribution in [-0.4, -0.2) is 70.8 Å². The van der Waals surface area contributed by atoms with Gasteiger partial charge >= 0.3 is 11.9 Å². The number of hydrogen-bond donors (Lipinski definition) is 4. The van der Waals surface area contributed by atoms with Crippen LogP contribution >= 0.6 is 0 Å². The Morgan fingerprint density at radius 1 is 0.976 bits per heavy atom. The SMILES string of the molecule is O=C(O)C1=C[C@H](C2=c3cc4c5c(c3Oc3c2cc2c6c3C[C@@H](O)CN6CCC2)C[C@@H](O)C[N+]=5CCC4)[C@H](C(=O)O)C=C1. The predicted octanol–water partition coefficient (Wildman–Crippen LogP) is 0.913. The van der Waals surface area contributed by atoms with Crippen LogP contribution in [0.1, 0.15) is 40.7 Å². The van der Waals surface area contributed by atoms with E-state index in [0.717, 1.165) is 88.4 Å². The molecule has 0 aromatic heterocycles. The van der Waals surface area contributed by atoms with Gasteiger partial charge < -0.3 is 30.1 Å². The number of carboxylic acids is 2. The van der Waals surface area contributed by atoms with Crippen molar-refractivity contribution < 1.29 is 34.8 Å². The second kappa shape index (κ2) is 9.28. The van der Waals surface area contributed by atoms with Crippen LogP contribution in [-0.2, 0) is 35.3 Å². The van der Waals surface area contributed by atoms with E-state index in [1.54, 1.807) is 6.08 Å². The number of ether oxygens (including phenoxy) is 1. The third kappa shape index (κ3) is 3.72. The van der Waals surface area contributed by atoms with Gasteiger partial charge in [-0.3, -0.25) is 4.79 Å². The van der Waals surface area contributed by atoms with Crippen LogP contribution in [0.15, 0.2) is 35.9 Å². The van der Waals surface area contributed by atoms with Crippen LogP contribution < -0.4 is 24.8 Å². The lowest BCUT2D eigenvalue weighted by Crippen LogP contribution is -2.50. The zero-order valence-corrected chi connectivity index (χ0v) is 23.2. The highest BCUT2D eigenvalue weighted by atomic mass is 16.5. The summed E-state index contributed by atoms with van der Waals surface area (Å²) in [5.41, 5.74) is 6.81. The molecule has 2 aromatic carbocycles. The van der Waals surface area contributed by atoms with E-state index in [4.69, 9.17) is 4.74 Å². The Kier molecular flexibility index (Phi) is 5.68. The summed E-state index contributed by atoms with van der Waals surface area (Å²) in [6, 6.07) is 4.24. The molecule has 0 fully saturated rings. The summed E-state index contributed by atoms with van der Waals surface area (Å²) in [4.78, 5) is 27.0. The zero-order valence-electron chi connectivity index (χ0n) is 23.2. The van der Waals surface area contributed by atoms with Gasteiger partial charge in [-0.1, -0.05) is 18.2 Å². The van der Waals surface area contributed by atoms with Crippen LogP contribution in [0.2, 0.25) is 0 Å². The van der Waals surface area contributed by atoms with E-state index < -0.39 is 36.0 Å². The molecule has 2 aromatic rings. The maximum atomic E-state index is 12.7. The number of carbonyl (C=O) groups is 2. The van der Waals surface area contributed by atoms with E-state index in [0.29, 0.717) is 37.4 Å². The molecule has 1 aliphatic carbocycles. The Hall–Kier alpha value is -3.95. The molecule has 5 heterocycles. The monoisotopic (exact) mass is 569 g/mol. The van der Waals surface area contributed by atoms with Gasteiger partial charge in [0.15, 0.2) is 6.54 Å². The lowest BCUT2D eigenvalue weighted by atomic mass is 9.74. The quantitative estimate of drug-likeness (QED) is 0.402. The highest BCUT2D eigenvalue weighted by Crippen LogP contribution is 2.50. The van der Waals surface area contributed by atoms with Gasteiger partial charge in [0, 0.05) is 65.9 Å². The lowest BCUT2D eigenvalue weighted by molar-refractivity contribution is -0.141. The van der Waals surface area contributed by atoms with Crippen molar-refractivity contribution in [3.8, 4) is 11.5 Å². The maximum absolute atomic E-state index is 12.7. The summed E-state index contributed by atoms with van der Waals surface area (Å²) in [5, 5.41) is 44.0. The maximum Gasteiger partial charge on any atom is 0.335 e. The molecule has 9 heteroatoms. The number of aryl methyl sites for hydroxylation is 2. The van der Waals surface area contributed by atoms with Crippen molar-refractivity contribution in [2.75, 3.05) is 31.1 Å². The van der Waals surface area contributed by atoms with Crippen molar-refractivity contribution in [2.45, 2.75) is 50.7 Å². The van der Waals surface area contributed by atoms with Crippen LogP contribution in [0, 0.1) is 11.8 Å². The first-order chi connectivity index (χ1) is 20.3. The molecule has 0 bridgehead atoms. The van der Waals surface area contributed by atoms with Crippen molar-refractivity contribution >= 4 is 23.2 Å². The van der Waals surface area contributed by atoms with Crippen molar-refractivity contribution in [3.05, 3.63) is 74.3 Å². The minimum absolute atomic E-state index is 0.0568. The van der Waals surface area contributed by atoms with Crippen LogP contribution in [0.5, 0.6) is 11.5 Å². The summed E-state index contributed by atoms with van der Waals surface area (Å²) in [7, 11) is 0. The predicted molar refractivity (Wildman–Crippen MR) is 153 cm³/mol. The molecule has 42 heavy (non-hydrogen) atoms. The first-order valence-electron chi connectivity index (χ1n) is 14.9. The average molecular weight is 570 g/mol. The van der Waals surface area contributed by atoms with Gasteiger partial charge in [0.1, 0.15) is 24.1 Å². The van der Waals surface area contributed by atoms with Crippen molar-refractivity contribution in [1.82, 2.24) is 4.58 Å². The fourth-order valence-electron chi connectivity index (χ4n) is 8.27. The number of carboxylic acid groups (broad SMARTS) is 2. The van der Waals surface area contributed by atoms with E-state index in [-0.39, 0.29) is 5.57 Å². The molecule has 4 N–H and O–H groups in total. The number of anilines is 1. The van der Waals surface area contributed by atoms with Gasteiger partial charge in [0.05, 0.1) is 23.2 Å². The molecule has 0 amide bonds. The highest BCUT2D eigenvalue weighted by molar-refractivity contribution is 5.94. The minimum atomic E-state index is -1.10. The van der Waals surface area contributed by atoms with Gasteiger partial charge in [-0.2, -0.15) is 0 Å². The second-order valence-electron chi connectivity index (χ2n) is 12.5. The topological polar surface area (TPSA) is 131 Å². The molecule has 0 radical (unpaired) electrons. The van der Waals surface area contributed by atoms with E-state index in [9.17, 15) is 30.0 Å². The van der Waals surface area contributed by atoms with Crippen molar-refractivity contribution in [2.24, 2.45) is 11.8 Å². The van der Waals surface area contributed by atoms with Crippen LogP contribution in [0.4, 0.5) is 5.69 Å². The number of benzene rings is 2. The molecule has 5 aliphatic heterocycles. The third-order valence-electron chi connectivity index (χ3n) is 9.86. The Balaban J connectivity index is 1.50. The Bertz CT molecular complexity index is 1790. The Morgan fingerprint density at radius 3 is 2.60 bits per heavy atom. The van der Waals surface area contributed by atoms with Gasteiger partial charge in [-0.05, 0) is 42.5 Å². The second-order valence-corrected chi connectivity index (χ2v) is 12.5. The van der Waals surface area contributed by atoms with Crippen molar-refractivity contribution in [1.29, 1.82) is 0 Å². The molecule has 0 saturated heterocycles. The lowest BCUT2D eigenvalue weighted by Gasteiger charge is -2.41.